The first kappa shape index (κ1) is 12.9. The van der Waals surface area contributed by atoms with Crippen LogP contribution in [0, 0.1) is 12.8 Å². The van der Waals surface area contributed by atoms with Crippen molar-refractivity contribution in [1.82, 2.24) is 9.97 Å². The van der Waals surface area contributed by atoms with Crippen LogP contribution in [0.4, 0.5) is 5.82 Å². The number of aromatic nitrogens is 2. The van der Waals surface area contributed by atoms with Gasteiger partial charge in [-0.25, -0.2) is 9.97 Å². The van der Waals surface area contributed by atoms with Gasteiger partial charge in [0.2, 0.25) is 0 Å². The van der Waals surface area contributed by atoms with Gasteiger partial charge in [-0.3, -0.25) is 0 Å². The van der Waals surface area contributed by atoms with E-state index in [4.69, 9.17) is 5.73 Å². The molecule has 0 aliphatic rings. The Hall–Kier alpha value is -1.16. The maximum Gasteiger partial charge on any atom is 0.129 e. The minimum Gasteiger partial charge on any atom is -0.370 e. The summed E-state index contributed by atoms with van der Waals surface area (Å²) < 4.78 is 0. The number of anilines is 1. The summed E-state index contributed by atoms with van der Waals surface area (Å²) >= 11 is 0. The van der Waals surface area contributed by atoms with E-state index in [1.165, 1.54) is 12.8 Å². The van der Waals surface area contributed by atoms with E-state index in [0.717, 1.165) is 31.0 Å². The summed E-state index contributed by atoms with van der Waals surface area (Å²) in [4.78, 5) is 8.25. The van der Waals surface area contributed by atoms with Gasteiger partial charge in [0.25, 0.3) is 0 Å². The van der Waals surface area contributed by atoms with E-state index < -0.39 is 0 Å². The molecule has 3 N–H and O–H groups in total. The zero-order chi connectivity index (χ0) is 11.8. The topological polar surface area (TPSA) is 63.8 Å². The maximum atomic E-state index is 5.60. The molecule has 0 aliphatic heterocycles. The fourth-order valence-corrected chi connectivity index (χ4v) is 1.79. The van der Waals surface area contributed by atoms with E-state index in [1.54, 1.807) is 6.33 Å². The minimum absolute atomic E-state index is 0.644. The molecule has 4 nitrogen and oxygen atoms in total. The molecule has 0 spiro atoms. The number of aryl methyl sites for hydroxylation is 1. The number of hydrogen-bond donors (Lipinski definition) is 2. The molecule has 90 valence electrons. The van der Waals surface area contributed by atoms with Crippen molar-refractivity contribution in [2.45, 2.75) is 33.1 Å². The molecule has 0 radical (unpaired) electrons. The second-order valence-electron chi connectivity index (χ2n) is 4.16. The number of nitrogens with zero attached hydrogens (tertiary/aromatic N) is 2. The summed E-state index contributed by atoms with van der Waals surface area (Å²) in [5.41, 5.74) is 6.59. The lowest BCUT2D eigenvalue weighted by Gasteiger charge is -2.16. The summed E-state index contributed by atoms with van der Waals surface area (Å²) in [7, 11) is 0. The molecule has 0 bridgehead atoms. The largest absolute Gasteiger partial charge is 0.370 e. The average molecular weight is 222 g/mol. The van der Waals surface area contributed by atoms with Crippen molar-refractivity contribution in [3.05, 3.63) is 18.1 Å². The van der Waals surface area contributed by atoms with E-state index in [9.17, 15) is 0 Å². The summed E-state index contributed by atoms with van der Waals surface area (Å²) in [6.07, 6.45) is 5.09. The first-order valence-corrected chi connectivity index (χ1v) is 5.98. The molecule has 0 fully saturated rings. The number of hydrogen-bond acceptors (Lipinski definition) is 4. The second-order valence-corrected chi connectivity index (χ2v) is 4.16. The van der Waals surface area contributed by atoms with Crippen molar-refractivity contribution in [1.29, 1.82) is 0 Å². The molecule has 16 heavy (non-hydrogen) atoms. The predicted molar refractivity (Wildman–Crippen MR) is 67.3 cm³/mol. The van der Waals surface area contributed by atoms with E-state index in [2.05, 4.69) is 22.2 Å². The first-order chi connectivity index (χ1) is 7.76. The smallest absolute Gasteiger partial charge is 0.129 e. The lowest BCUT2D eigenvalue weighted by Crippen LogP contribution is -2.18. The Bertz CT molecular complexity index is 295. The quantitative estimate of drug-likeness (QED) is 0.740. The Morgan fingerprint density at radius 1 is 1.38 bits per heavy atom. The van der Waals surface area contributed by atoms with E-state index in [-0.39, 0.29) is 0 Å². The SMILES string of the molecule is CCCC(CCN)CNc1cc(C)ncn1. The average Bonchev–Trinajstić information content (AvgIpc) is 2.27. The zero-order valence-corrected chi connectivity index (χ0v) is 10.2. The lowest BCUT2D eigenvalue weighted by molar-refractivity contribution is 0.473. The number of rotatable bonds is 7. The Balaban J connectivity index is 2.41. The molecule has 1 atom stereocenters. The Morgan fingerprint density at radius 2 is 2.19 bits per heavy atom. The van der Waals surface area contributed by atoms with Crippen LogP contribution in [0.2, 0.25) is 0 Å². The van der Waals surface area contributed by atoms with Gasteiger partial charge in [0.1, 0.15) is 12.1 Å². The normalized spacial score (nSPS) is 12.4. The minimum atomic E-state index is 0.644. The van der Waals surface area contributed by atoms with Crippen LogP contribution in [0.25, 0.3) is 0 Å². The number of nitrogens with two attached hydrogens (primary N) is 1. The van der Waals surface area contributed by atoms with Crippen LogP contribution in [0.3, 0.4) is 0 Å². The summed E-state index contributed by atoms with van der Waals surface area (Å²) in [6, 6.07) is 1.96. The third-order valence-corrected chi connectivity index (χ3v) is 2.65. The maximum absolute atomic E-state index is 5.60. The molecule has 1 aromatic rings. The highest BCUT2D eigenvalue weighted by atomic mass is 15.0. The fraction of sp³-hybridized carbons (Fsp3) is 0.667. The summed E-state index contributed by atoms with van der Waals surface area (Å²) in [6.45, 7) is 5.88. The van der Waals surface area contributed by atoms with Gasteiger partial charge >= 0.3 is 0 Å². The van der Waals surface area contributed by atoms with Crippen molar-refractivity contribution >= 4 is 5.82 Å². The first-order valence-electron chi connectivity index (χ1n) is 5.98. The molecule has 1 heterocycles. The van der Waals surface area contributed by atoms with E-state index >= 15 is 0 Å². The van der Waals surface area contributed by atoms with Crippen LogP contribution in [-0.2, 0) is 0 Å². The zero-order valence-electron chi connectivity index (χ0n) is 10.2. The molecule has 0 aliphatic carbocycles. The van der Waals surface area contributed by atoms with Crippen LogP contribution < -0.4 is 11.1 Å². The molecule has 4 heteroatoms. The van der Waals surface area contributed by atoms with E-state index in [1.807, 2.05) is 13.0 Å². The molecular weight excluding hydrogens is 200 g/mol. The van der Waals surface area contributed by atoms with Crippen molar-refractivity contribution in [2.24, 2.45) is 11.7 Å². The van der Waals surface area contributed by atoms with Gasteiger partial charge in [-0.1, -0.05) is 13.3 Å². The Kier molecular flexibility index (Phi) is 5.78. The molecule has 0 aromatic carbocycles. The standard InChI is InChI=1S/C12H22N4/c1-3-4-11(5-6-13)8-14-12-7-10(2)15-9-16-12/h7,9,11H,3-6,8,13H2,1-2H3,(H,14,15,16). The number of nitrogens with one attached hydrogen (secondary N) is 1. The highest BCUT2D eigenvalue weighted by Gasteiger charge is 2.06. The molecule has 0 saturated carbocycles. The van der Waals surface area contributed by atoms with Gasteiger partial charge in [0, 0.05) is 18.3 Å². The lowest BCUT2D eigenvalue weighted by atomic mass is 10.00. The molecule has 1 rings (SSSR count). The van der Waals surface area contributed by atoms with Crippen LogP contribution in [0.5, 0.6) is 0 Å². The third-order valence-electron chi connectivity index (χ3n) is 2.65. The van der Waals surface area contributed by atoms with Gasteiger partial charge < -0.3 is 11.1 Å². The fourth-order valence-electron chi connectivity index (χ4n) is 1.79. The van der Waals surface area contributed by atoms with Crippen molar-refractivity contribution in [3.63, 3.8) is 0 Å². The van der Waals surface area contributed by atoms with Crippen molar-refractivity contribution in [3.8, 4) is 0 Å². The monoisotopic (exact) mass is 222 g/mol. The van der Waals surface area contributed by atoms with Crippen molar-refractivity contribution in [2.75, 3.05) is 18.4 Å². The van der Waals surface area contributed by atoms with Crippen LogP contribution >= 0.6 is 0 Å². The van der Waals surface area contributed by atoms with Gasteiger partial charge in [0.15, 0.2) is 0 Å². The highest BCUT2D eigenvalue weighted by Crippen LogP contribution is 2.12. The molecule has 0 saturated heterocycles. The molecule has 0 amide bonds. The van der Waals surface area contributed by atoms with E-state index in [0.29, 0.717) is 5.92 Å². The highest BCUT2D eigenvalue weighted by molar-refractivity contribution is 5.34. The molecule has 1 aromatic heterocycles. The van der Waals surface area contributed by atoms with Crippen LogP contribution in [-0.4, -0.2) is 23.1 Å². The molecule has 1 unspecified atom stereocenters. The molecular formula is C12H22N4. The van der Waals surface area contributed by atoms with Crippen LogP contribution in [0.1, 0.15) is 31.9 Å². The van der Waals surface area contributed by atoms with Gasteiger partial charge in [-0.2, -0.15) is 0 Å². The second kappa shape index (κ2) is 7.17. The Labute approximate surface area is 97.7 Å². The summed E-state index contributed by atoms with van der Waals surface area (Å²) in [5, 5.41) is 3.35. The van der Waals surface area contributed by atoms with Gasteiger partial charge in [-0.05, 0) is 32.2 Å². The van der Waals surface area contributed by atoms with Gasteiger partial charge in [0.05, 0.1) is 0 Å². The predicted octanol–water partition coefficient (Wildman–Crippen LogP) is 1.96. The Morgan fingerprint density at radius 3 is 2.81 bits per heavy atom. The van der Waals surface area contributed by atoms with Gasteiger partial charge in [-0.15, -0.1) is 0 Å². The van der Waals surface area contributed by atoms with Crippen molar-refractivity contribution < 1.29 is 0 Å². The third kappa shape index (κ3) is 4.57. The van der Waals surface area contributed by atoms with Crippen LogP contribution in [0.15, 0.2) is 12.4 Å². The summed E-state index contributed by atoms with van der Waals surface area (Å²) in [5.74, 6) is 1.55.